The first kappa shape index (κ1) is 14.8. The first-order valence-corrected chi connectivity index (χ1v) is 7.26. The second kappa shape index (κ2) is 7.22. The molecule has 0 N–H and O–H groups in total. The maximum Gasteiger partial charge on any atom is 0.0366 e. The smallest absolute Gasteiger partial charge is 0.0366 e. The van der Waals surface area contributed by atoms with E-state index in [4.69, 9.17) is 0 Å². The monoisotopic (exact) mass is 269 g/mol. The van der Waals surface area contributed by atoms with Gasteiger partial charge in [-0.05, 0) is 31.0 Å². The van der Waals surface area contributed by atoms with Gasteiger partial charge in [0.25, 0.3) is 0 Å². The minimum absolute atomic E-state index is 0.395. The maximum absolute atomic E-state index is 4.46. The van der Waals surface area contributed by atoms with E-state index >= 15 is 0 Å². The fourth-order valence-corrected chi connectivity index (χ4v) is 2.33. The molecule has 1 rings (SSSR count). The van der Waals surface area contributed by atoms with E-state index in [0.29, 0.717) is 10.5 Å². The molecule has 0 radical (unpaired) electrons. The van der Waals surface area contributed by atoms with Crippen molar-refractivity contribution in [3.05, 3.63) is 29.8 Å². The van der Waals surface area contributed by atoms with Crippen LogP contribution < -0.4 is 4.90 Å². The van der Waals surface area contributed by atoms with Crippen molar-refractivity contribution < 1.29 is 0 Å². The van der Waals surface area contributed by atoms with Gasteiger partial charge in [0, 0.05) is 29.3 Å². The molecule has 0 bridgehead atoms. The van der Waals surface area contributed by atoms with Gasteiger partial charge < -0.3 is 4.90 Å². The molecule has 0 aliphatic heterocycles. The lowest BCUT2D eigenvalue weighted by Crippen LogP contribution is -2.28. The van der Waals surface area contributed by atoms with Gasteiger partial charge >= 0.3 is 0 Å². The van der Waals surface area contributed by atoms with Crippen LogP contribution in [0.5, 0.6) is 0 Å². The first-order valence-electron chi connectivity index (χ1n) is 6.23. The van der Waals surface area contributed by atoms with Crippen LogP contribution in [0.15, 0.2) is 24.3 Å². The number of thiol groups is 2. The molecule has 0 aliphatic carbocycles. The molecule has 1 aromatic carbocycles. The summed E-state index contributed by atoms with van der Waals surface area (Å²) < 4.78 is 0. The molecule has 17 heavy (non-hydrogen) atoms. The molecule has 2 atom stereocenters. The lowest BCUT2D eigenvalue weighted by atomic mass is 10.1. The number of hydrogen-bond acceptors (Lipinski definition) is 3. The highest BCUT2D eigenvalue weighted by Gasteiger charge is 2.07. The fourth-order valence-electron chi connectivity index (χ4n) is 1.92. The maximum atomic E-state index is 4.46. The molecule has 0 saturated heterocycles. The SMILES string of the molecule is CCN(CC(C)S)c1ccc(CC(C)S)cc1. The minimum Gasteiger partial charge on any atom is -0.371 e. The van der Waals surface area contributed by atoms with Crippen molar-refractivity contribution in [1.29, 1.82) is 0 Å². The predicted octanol–water partition coefficient (Wildman–Crippen LogP) is 3.69. The third-order valence-electron chi connectivity index (χ3n) is 2.70. The van der Waals surface area contributed by atoms with Crippen LogP contribution in [0, 0.1) is 0 Å². The summed E-state index contributed by atoms with van der Waals surface area (Å²) in [5, 5.41) is 0.813. The van der Waals surface area contributed by atoms with Gasteiger partial charge in [0.1, 0.15) is 0 Å². The van der Waals surface area contributed by atoms with Gasteiger partial charge in [-0.25, -0.2) is 0 Å². The van der Waals surface area contributed by atoms with Gasteiger partial charge in [-0.2, -0.15) is 25.3 Å². The van der Waals surface area contributed by atoms with Gasteiger partial charge in [0.05, 0.1) is 0 Å². The molecule has 0 aliphatic rings. The summed E-state index contributed by atoms with van der Waals surface area (Å²) in [6.45, 7) is 8.44. The van der Waals surface area contributed by atoms with Gasteiger partial charge in [0.15, 0.2) is 0 Å². The highest BCUT2D eigenvalue weighted by atomic mass is 32.1. The summed E-state index contributed by atoms with van der Waals surface area (Å²) in [6.07, 6.45) is 1.03. The molecular weight excluding hydrogens is 246 g/mol. The van der Waals surface area contributed by atoms with Crippen molar-refractivity contribution in [2.45, 2.75) is 37.7 Å². The molecule has 0 saturated carbocycles. The summed E-state index contributed by atoms with van der Waals surface area (Å²) >= 11 is 8.87. The summed E-state index contributed by atoms with van der Waals surface area (Å²) in [5.74, 6) is 0. The second-order valence-corrected chi connectivity index (χ2v) is 6.37. The topological polar surface area (TPSA) is 3.24 Å². The van der Waals surface area contributed by atoms with E-state index in [1.165, 1.54) is 11.3 Å². The van der Waals surface area contributed by atoms with E-state index < -0.39 is 0 Å². The van der Waals surface area contributed by atoms with Crippen LogP contribution in [0.3, 0.4) is 0 Å². The number of anilines is 1. The number of benzene rings is 1. The van der Waals surface area contributed by atoms with Crippen LogP contribution in [0.4, 0.5) is 5.69 Å². The van der Waals surface area contributed by atoms with Crippen molar-refractivity contribution in [3.63, 3.8) is 0 Å². The third kappa shape index (κ3) is 5.26. The molecule has 1 nitrogen and oxygen atoms in total. The van der Waals surface area contributed by atoms with E-state index in [0.717, 1.165) is 19.5 Å². The Hall–Kier alpha value is -0.280. The molecule has 1 aromatic rings. The van der Waals surface area contributed by atoms with E-state index in [9.17, 15) is 0 Å². The highest BCUT2D eigenvalue weighted by molar-refractivity contribution is 7.81. The van der Waals surface area contributed by atoms with Crippen molar-refractivity contribution in [2.24, 2.45) is 0 Å². The fraction of sp³-hybridized carbons (Fsp3) is 0.571. The average molecular weight is 269 g/mol. The molecule has 0 amide bonds. The zero-order valence-electron chi connectivity index (χ0n) is 10.9. The van der Waals surface area contributed by atoms with Gasteiger partial charge in [-0.1, -0.05) is 26.0 Å². The zero-order chi connectivity index (χ0) is 12.8. The number of nitrogens with zero attached hydrogens (tertiary/aromatic N) is 1. The predicted molar refractivity (Wildman–Crippen MR) is 84.9 cm³/mol. The lowest BCUT2D eigenvalue weighted by molar-refractivity contribution is 0.805. The van der Waals surface area contributed by atoms with Crippen LogP contribution in [-0.4, -0.2) is 23.6 Å². The number of rotatable bonds is 6. The molecular formula is C14H23NS2. The van der Waals surface area contributed by atoms with Crippen molar-refractivity contribution in [1.82, 2.24) is 0 Å². The second-order valence-electron chi connectivity index (χ2n) is 4.61. The summed E-state index contributed by atoms with van der Waals surface area (Å²) in [5.41, 5.74) is 2.63. The summed E-state index contributed by atoms with van der Waals surface area (Å²) in [7, 11) is 0. The molecule has 0 heterocycles. The largest absolute Gasteiger partial charge is 0.371 e. The third-order valence-corrected chi connectivity index (χ3v) is 3.04. The molecule has 0 aromatic heterocycles. The van der Waals surface area contributed by atoms with Crippen molar-refractivity contribution >= 4 is 30.9 Å². The Labute approximate surface area is 116 Å². The molecule has 96 valence electrons. The standard InChI is InChI=1S/C14H23NS2/c1-4-15(10-12(3)17)14-7-5-13(6-8-14)9-11(2)16/h5-8,11-12,16-17H,4,9-10H2,1-3H3. The van der Waals surface area contributed by atoms with Crippen LogP contribution in [0.25, 0.3) is 0 Å². The summed E-state index contributed by atoms with van der Waals surface area (Å²) in [6, 6.07) is 8.80. The molecule has 0 spiro atoms. The van der Waals surface area contributed by atoms with Gasteiger partial charge in [-0.15, -0.1) is 0 Å². The normalized spacial score (nSPS) is 14.4. The molecule has 3 heteroatoms. The summed E-state index contributed by atoms with van der Waals surface area (Å²) in [4.78, 5) is 2.35. The van der Waals surface area contributed by atoms with Gasteiger partial charge in [-0.3, -0.25) is 0 Å². The van der Waals surface area contributed by atoms with Crippen LogP contribution >= 0.6 is 25.3 Å². The van der Waals surface area contributed by atoms with Gasteiger partial charge in [0.2, 0.25) is 0 Å². The average Bonchev–Trinajstić information content (AvgIpc) is 2.26. The molecule has 2 unspecified atom stereocenters. The van der Waals surface area contributed by atoms with E-state index in [1.54, 1.807) is 0 Å². The Morgan fingerprint density at radius 3 is 2.06 bits per heavy atom. The van der Waals surface area contributed by atoms with E-state index in [1.807, 2.05) is 0 Å². The van der Waals surface area contributed by atoms with Crippen molar-refractivity contribution in [2.75, 3.05) is 18.0 Å². The first-order chi connectivity index (χ1) is 8.02. The lowest BCUT2D eigenvalue weighted by Gasteiger charge is -2.25. The van der Waals surface area contributed by atoms with E-state index in [-0.39, 0.29) is 0 Å². The Morgan fingerprint density at radius 1 is 1.06 bits per heavy atom. The minimum atomic E-state index is 0.395. The highest BCUT2D eigenvalue weighted by Crippen LogP contribution is 2.17. The van der Waals surface area contributed by atoms with Crippen LogP contribution in [-0.2, 0) is 6.42 Å². The Morgan fingerprint density at radius 2 is 1.65 bits per heavy atom. The quantitative estimate of drug-likeness (QED) is 0.745. The Kier molecular flexibility index (Phi) is 6.28. The van der Waals surface area contributed by atoms with Crippen LogP contribution in [0.1, 0.15) is 26.3 Å². The molecule has 0 fully saturated rings. The Bertz CT molecular complexity index is 319. The van der Waals surface area contributed by atoms with Crippen molar-refractivity contribution in [3.8, 4) is 0 Å². The Balaban J connectivity index is 2.70. The van der Waals surface area contributed by atoms with E-state index in [2.05, 4.69) is 75.2 Å². The zero-order valence-corrected chi connectivity index (χ0v) is 12.7. The number of hydrogen-bond donors (Lipinski definition) is 2. The van der Waals surface area contributed by atoms with Crippen LogP contribution in [0.2, 0.25) is 0 Å².